The molecule has 1 aliphatic carbocycles. The smallest absolute Gasteiger partial charge is 0.164 e. The van der Waals surface area contributed by atoms with Gasteiger partial charge in [-0.25, -0.2) is 0 Å². The molecule has 2 aromatic heterocycles. The van der Waals surface area contributed by atoms with Crippen molar-refractivity contribution in [2.75, 3.05) is 0 Å². The Labute approximate surface area is 306 Å². The van der Waals surface area contributed by atoms with Gasteiger partial charge in [0, 0.05) is 65.4 Å². The molecule has 0 atom stereocenters. The Morgan fingerprint density at radius 3 is 2.14 bits per heavy atom. The molecule has 0 saturated heterocycles. The molecule has 4 nitrogen and oxygen atoms in total. The van der Waals surface area contributed by atoms with E-state index >= 15 is 0 Å². The minimum absolute atomic E-state index is 0. The predicted octanol–water partition coefficient (Wildman–Crippen LogP) is 12.2. The quantitative estimate of drug-likeness (QED) is 0.0961. The van der Waals surface area contributed by atoms with Crippen molar-refractivity contribution in [3.05, 3.63) is 101 Å². The summed E-state index contributed by atoms with van der Waals surface area (Å²) < 4.78 is 6.56. The molecular weight excluding hydrogens is 783 g/mol. The third kappa shape index (κ3) is 7.49. The molecule has 1 N–H and O–H groups in total. The number of carbonyl (C=O) groups excluding carboxylic acids is 1. The Kier molecular flexibility index (Phi) is 11.8. The number of allylic oxidation sites excluding steroid dienone is 2. The van der Waals surface area contributed by atoms with Gasteiger partial charge in [0.1, 0.15) is 17.1 Å². The molecule has 5 heteroatoms. The first-order chi connectivity index (χ1) is 22.8. The Morgan fingerprint density at radius 1 is 0.857 bits per heavy atom. The summed E-state index contributed by atoms with van der Waals surface area (Å²) in [5, 5.41) is 13.7. The van der Waals surface area contributed by atoms with Crippen LogP contribution in [0.4, 0.5) is 0 Å². The number of pyridine rings is 1. The van der Waals surface area contributed by atoms with Gasteiger partial charge in [-0.2, -0.15) is 0 Å². The zero-order valence-electron chi connectivity index (χ0n) is 30.7. The van der Waals surface area contributed by atoms with Crippen molar-refractivity contribution in [1.82, 2.24) is 4.98 Å². The van der Waals surface area contributed by atoms with Gasteiger partial charge in [-0.3, -0.25) is 9.78 Å². The maximum Gasteiger partial charge on any atom is 0.164 e. The van der Waals surface area contributed by atoms with Crippen molar-refractivity contribution in [3.8, 4) is 22.6 Å². The average Bonchev–Trinajstić information content (AvgIpc) is 3.49. The summed E-state index contributed by atoms with van der Waals surface area (Å²) in [5.74, 6) is 1.29. The molecular formula is C44H52IrNO3-. The van der Waals surface area contributed by atoms with E-state index in [0.29, 0.717) is 0 Å². The maximum absolute atomic E-state index is 12.2. The van der Waals surface area contributed by atoms with Gasteiger partial charge >= 0.3 is 0 Å². The van der Waals surface area contributed by atoms with Gasteiger partial charge in [0.05, 0.1) is 0 Å². The number of aliphatic hydroxyl groups is 1. The zero-order chi connectivity index (χ0) is 34.9. The number of carbonyl (C=O) groups is 1. The number of furan rings is 1. The van der Waals surface area contributed by atoms with E-state index in [4.69, 9.17) is 9.40 Å². The normalized spacial score (nSPS) is 13.3. The summed E-state index contributed by atoms with van der Waals surface area (Å²) >= 11 is 0. The van der Waals surface area contributed by atoms with E-state index in [2.05, 4.69) is 87.5 Å². The van der Waals surface area contributed by atoms with Crippen molar-refractivity contribution < 1.29 is 34.4 Å². The van der Waals surface area contributed by atoms with Gasteiger partial charge in [0.15, 0.2) is 5.78 Å². The molecule has 1 radical (unpaired) electrons. The van der Waals surface area contributed by atoms with Crippen LogP contribution in [0.5, 0.6) is 0 Å². The molecule has 0 fully saturated rings. The molecule has 0 bridgehead atoms. The summed E-state index contributed by atoms with van der Waals surface area (Å²) in [6.07, 6.45) is 8.71. The fraction of sp³-hybridized carbons (Fsp3) is 0.409. The van der Waals surface area contributed by atoms with E-state index in [0.717, 1.165) is 66.5 Å². The minimum Gasteiger partial charge on any atom is -0.512 e. The second-order valence-electron chi connectivity index (χ2n) is 14.9. The molecule has 2 heterocycles. The number of nitrogens with zero attached hydrogens (tertiary/aromatic N) is 1. The molecule has 1 aliphatic rings. The number of ketones is 1. The third-order valence-corrected chi connectivity index (χ3v) is 11.1. The van der Waals surface area contributed by atoms with Crippen LogP contribution in [0, 0.1) is 16.9 Å². The fourth-order valence-electron chi connectivity index (χ4n) is 6.61. The summed E-state index contributed by atoms with van der Waals surface area (Å²) in [6, 6.07) is 25.0. The zero-order valence-corrected chi connectivity index (χ0v) is 33.1. The van der Waals surface area contributed by atoms with Crippen molar-refractivity contribution in [1.29, 1.82) is 0 Å². The summed E-state index contributed by atoms with van der Waals surface area (Å²) in [5.41, 5.74) is 7.32. The van der Waals surface area contributed by atoms with Crippen LogP contribution in [0.3, 0.4) is 0 Å². The van der Waals surface area contributed by atoms with E-state index in [1.807, 2.05) is 47.7 Å². The Hall–Kier alpha value is -3.53. The molecule has 6 rings (SSSR count). The van der Waals surface area contributed by atoms with E-state index in [-0.39, 0.29) is 47.9 Å². The first kappa shape index (κ1) is 38.3. The van der Waals surface area contributed by atoms with Crippen molar-refractivity contribution in [2.45, 2.75) is 106 Å². The van der Waals surface area contributed by atoms with Crippen LogP contribution >= 0.6 is 0 Å². The van der Waals surface area contributed by atoms with Crippen LogP contribution in [0.25, 0.3) is 44.3 Å². The van der Waals surface area contributed by atoms with Crippen molar-refractivity contribution in [3.63, 3.8) is 0 Å². The number of hydrogen-bond donors (Lipinski definition) is 1. The van der Waals surface area contributed by atoms with Gasteiger partial charge in [-0.05, 0) is 55.6 Å². The van der Waals surface area contributed by atoms with Crippen LogP contribution < -0.4 is 0 Å². The second kappa shape index (κ2) is 15.2. The molecule has 0 amide bonds. The number of aromatic nitrogens is 1. The summed E-state index contributed by atoms with van der Waals surface area (Å²) in [4.78, 5) is 17.0. The number of aryl methyl sites for hydroxylation is 2. The van der Waals surface area contributed by atoms with Gasteiger partial charge in [0.2, 0.25) is 0 Å². The summed E-state index contributed by atoms with van der Waals surface area (Å²) in [7, 11) is 0. The Balaban J connectivity index is 0.000000260. The molecule has 49 heavy (non-hydrogen) atoms. The Bertz CT molecular complexity index is 1970. The second-order valence-corrected chi connectivity index (χ2v) is 14.9. The van der Waals surface area contributed by atoms with Crippen LogP contribution in [-0.2, 0) is 43.2 Å². The standard InChI is InChI=1S/C29H24NO.C15H28O2.Ir/c1-29(2,3)25-17-20(16-19-9-5-6-10-21(19)25)26-28-24(14-15-30-26)23-13-12-18-8-4-7-11-22(18)27(23)31-28;1-7-14(5,8-2)12(16)11-13(17)15(6,9-3)10-4;/h4-11,14-15,17H,12-13H2,1-3H3;11,16H,7-10H2,1-6H3;/q-1;;/b;12-11-;. The topological polar surface area (TPSA) is 63.3 Å². The van der Waals surface area contributed by atoms with Gasteiger partial charge < -0.3 is 9.52 Å². The van der Waals surface area contributed by atoms with E-state index in [9.17, 15) is 9.90 Å². The third-order valence-electron chi connectivity index (χ3n) is 11.1. The van der Waals surface area contributed by atoms with Crippen LogP contribution in [-0.4, -0.2) is 15.9 Å². The number of fused-ring (bicyclic) bond motifs is 6. The first-order valence-electron chi connectivity index (χ1n) is 17.7. The van der Waals surface area contributed by atoms with Gasteiger partial charge in [0.25, 0.3) is 0 Å². The molecule has 5 aromatic rings. The molecule has 0 unspecified atom stereocenters. The van der Waals surface area contributed by atoms with Gasteiger partial charge in [-0.15, -0.1) is 29.1 Å². The first-order valence-corrected chi connectivity index (χ1v) is 17.7. The van der Waals surface area contributed by atoms with Crippen molar-refractivity contribution in [2.24, 2.45) is 10.8 Å². The van der Waals surface area contributed by atoms with E-state index in [1.165, 1.54) is 39.1 Å². The molecule has 3 aromatic carbocycles. The van der Waals surface area contributed by atoms with E-state index in [1.54, 1.807) is 0 Å². The van der Waals surface area contributed by atoms with E-state index < -0.39 is 0 Å². The van der Waals surface area contributed by atoms with Crippen LogP contribution in [0.1, 0.15) is 105 Å². The fourth-order valence-corrected chi connectivity index (χ4v) is 6.61. The monoisotopic (exact) mass is 835 g/mol. The average molecular weight is 835 g/mol. The number of aliphatic hydroxyl groups excluding tert-OH is 1. The molecule has 0 saturated carbocycles. The Morgan fingerprint density at radius 2 is 1.49 bits per heavy atom. The predicted molar refractivity (Wildman–Crippen MR) is 200 cm³/mol. The number of benzene rings is 3. The largest absolute Gasteiger partial charge is 0.512 e. The molecule has 0 aliphatic heterocycles. The van der Waals surface area contributed by atoms with Gasteiger partial charge in [-0.1, -0.05) is 116 Å². The SMILES string of the molecule is CC(C)(C)c1cc(-c2nccc3c4c(oc23)-c2ccccc2CC4)[c-]c2ccccc12.CCC(C)(CC)C(=O)/C=C(\O)C(C)(CC)CC.[Ir]. The maximum atomic E-state index is 12.2. The molecule has 261 valence electrons. The van der Waals surface area contributed by atoms with Crippen LogP contribution in [0.2, 0.25) is 0 Å². The summed E-state index contributed by atoms with van der Waals surface area (Å²) in [6.45, 7) is 18.9. The minimum atomic E-state index is -0.337. The molecule has 0 spiro atoms. The van der Waals surface area contributed by atoms with Crippen molar-refractivity contribution >= 4 is 27.5 Å². The van der Waals surface area contributed by atoms with Crippen LogP contribution in [0.15, 0.2) is 83.1 Å². The number of hydrogen-bond acceptors (Lipinski definition) is 4. The number of rotatable bonds is 8.